The third-order valence-corrected chi connectivity index (χ3v) is 4.25. The van der Waals surface area contributed by atoms with Crippen molar-refractivity contribution in [2.75, 3.05) is 0 Å². The Kier molecular flexibility index (Phi) is 4.93. The van der Waals surface area contributed by atoms with E-state index in [0.717, 1.165) is 16.7 Å². The van der Waals surface area contributed by atoms with E-state index in [2.05, 4.69) is 50.4 Å². The molecule has 0 aliphatic heterocycles. The second-order valence-electron chi connectivity index (χ2n) is 7.39. The molecular weight excluding hydrogens is 282 g/mol. The molecule has 2 aromatic carbocycles. The average molecular weight is 309 g/mol. The van der Waals surface area contributed by atoms with Crippen LogP contribution in [0.15, 0.2) is 42.5 Å². The highest BCUT2D eigenvalue weighted by Gasteiger charge is 2.16. The molecule has 1 amide bonds. The van der Waals surface area contributed by atoms with Crippen molar-refractivity contribution < 1.29 is 4.79 Å². The van der Waals surface area contributed by atoms with E-state index in [4.69, 9.17) is 0 Å². The highest BCUT2D eigenvalue weighted by atomic mass is 16.1. The Hall–Kier alpha value is -2.09. The predicted octanol–water partition coefficient (Wildman–Crippen LogP) is 5.09. The summed E-state index contributed by atoms with van der Waals surface area (Å²) in [4.78, 5) is 12.5. The molecule has 2 aromatic rings. The van der Waals surface area contributed by atoms with E-state index in [1.165, 1.54) is 11.1 Å². The number of hydrogen-bond donors (Lipinski definition) is 1. The topological polar surface area (TPSA) is 29.1 Å². The highest BCUT2D eigenvalue weighted by Crippen LogP contribution is 2.24. The van der Waals surface area contributed by atoms with Crippen LogP contribution in [0, 0.1) is 13.8 Å². The number of amides is 1. The molecule has 2 nitrogen and oxygen atoms in total. The summed E-state index contributed by atoms with van der Waals surface area (Å²) in [6.45, 7) is 12.6. The first-order valence-corrected chi connectivity index (χ1v) is 8.17. The summed E-state index contributed by atoms with van der Waals surface area (Å²) >= 11 is 0. The summed E-state index contributed by atoms with van der Waals surface area (Å²) in [7, 11) is 0. The van der Waals surface area contributed by atoms with Crippen LogP contribution in [0.4, 0.5) is 0 Å². The van der Waals surface area contributed by atoms with E-state index in [1.807, 2.05) is 39.0 Å². The van der Waals surface area contributed by atoms with Gasteiger partial charge >= 0.3 is 0 Å². The fraction of sp³-hybridized carbons (Fsp3) is 0.381. The van der Waals surface area contributed by atoms with Gasteiger partial charge in [0.25, 0.3) is 5.91 Å². The zero-order valence-corrected chi connectivity index (χ0v) is 15.0. The largest absolute Gasteiger partial charge is 0.346 e. The van der Waals surface area contributed by atoms with Crippen LogP contribution in [-0.4, -0.2) is 5.91 Å². The monoisotopic (exact) mass is 309 g/mol. The Balaban J connectivity index is 2.12. The van der Waals surface area contributed by atoms with Gasteiger partial charge in [0.15, 0.2) is 0 Å². The quantitative estimate of drug-likeness (QED) is 0.840. The molecule has 1 N–H and O–H groups in total. The molecule has 0 saturated carbocycles. The third kappa shape index (κ3) is 4.22. The van der Waals surface area contributed by atoms with Gasteiger partial charge in [-0.05, 0) is 48.9 Å². The molecule has 0 saturated heterocycles. The Bertz CT molecular complexity index is 693. The van der Waals surface area contributed by atoms with Crippen molar-refractivity contribution >= 4 is 5.91 Å². The maximum absolute atomic E-state index is 12.5. The summed E-state index contributed by atoms with van der Waals surface area (Å²) in [5.74, 6) is -0.0186. The average Bonchev–Trinajstić information content (AvgIpc) is 2.46. The summed E-state index contributed by atoms with van der Waals surface area (Å²) in [6.07, 6.45) is 0. The van der Waals surface area contributed by atoms with E-state index in [-0.39, 0.29) is 17.4 Å². The van der Waals surface area contributed by atoms with Gasteiger partial charge in [0.2, 0.25) is 0 Å². The molecule has 0 aromatic heterocycles. The van der Waals surface area contributed by atoms with Crippen LogP contribution in [0.5, 0.6) is 0 Å². The maximum Gasteiger partial charge on any atom is 0.252 e. The smallest absolute Gasteiger partial charge is 0.252 e. The van der Waals surface area contributed by atoms with Gasteiger partial charge in [-0.25, -0.2) is 0 Å². The number of rotatable bonds is 3. The summed E-state index contributed by atoms with van der Waals surface area (Å²) in [6, 6.07) is 14.4. The second kappa shape index (κ2) is 6.57. The predicted molar refractivity (Wildman–Crippen MR) is 96.9 cm³/mol. The Morgan fingerprint density at radius 3 is 2.13 bits per heavy atom. The lowest BCUT2D eigenvalue weighted by molar-refractivity contribution is 0.0939. The van der Waals surface area contributed by atoms with Crippen LogP contribution < -0.4 is 5.32 Å². The highest BCUT2D eigenvalue weighted by molar-refractivity contribution is 5.95. The molecule has 2 heteroatoms. The zero-order chi connectivity index (χ0) is 17.2. The van der Waals surface area contributed by atoms with E-state index in [1.54, 1.807) is 0 Å². The van der Waals surface area contributed by atoms with Crippen molar-refractivity contribution in [3.8, 4) is 0 Å². The van der Waals surface area contributed by atoms with Crippen molar-refractivity contribution in [2.45, 2.75) is 53.0 Å². The van der Waals surface area contributed by atoms with Gasteiger partial charge in [-0.1, -0.05) is 62.7 Å². The summed E-state index contributed by atoms with van der Waals surface area (Å²) < 4.78 is 0. The molecule has 0 aliphatic carbocycles. The first-order chi connectivity index (χ1) is 10.7. The fourth-order valence-corrected chi connectivity index (χ4v) is 2.70. The Labute approximate surface area is 139 Å². The molecule has 0 aliphatic rings. The van der Waals surface area contributed by atoms with Gasteiger partial charge in [-0.2, -0.15) is 0 Å². The number of benzene rings is 2. The van der Waals surface area contributed by atoms with Crippen molar-refractivity contribution in [3.63, 3.8) is 0 Å². The van der Waals surface area contributed by atoms with E-state index >= 15 is 0 Å². The lowest BCUT2D eigenvalue weighted by atomic mass is 9.86. The standard InChI is InChI=1S/C21H27NO/c1-14-7-12-19(15(2)13-14)20(23)22-16(3)17-8-10-18(11-9-17)21(4,5)6/h7-13,16H,1-6H3,(H,22,23)/t16-/m1/s1. The van der Waals surface area contributed by atoms with Gasteiger partial charge in [0.05, 0.1) is 6.04 Å². The SMILES string of the molecule is Cc1ccc(C(=O)N[C@H](C)c2ccc(C(C)(C)C)cc2)c(C)c1. The Morgan fingerprint density at radius 2 is 1.61 bits per heavy atom. The molecule has 0 unspecified atom stereocenters. The second-order valence-corrected chi connectivity index (χ2v) is 7.39. The van der Waals surface area contributed by atoms with Crippen LogP contribution in [0.2, 0.25) is 0 Å². The number of hydrogen-bond acceptors (Lipinski definition) is 1. The molecule has 2 rings (SSSR count). The molecule has 0 fully saturated rings. The molecule has 23 heavy (non-hydrogen) atoms. The van der Waals surface area contributed by atoms with Gasteiger partial charge in [-0.3, -0.25) is 4.79 Å². The van der Waals surface area contributed by atoms with Crippen LogP contribution in [-0.2, 0) is 5.41 Å². The van der Waals surface area contributed by atoms with Crippen LogP contribution >= 0.6 is 0 Å². The van der Waals surface area contributed by atoms with Crippen molar-refractivity contribution in [1.29, 1.82) is 0 Å². The van der Waals surface area contributed by atoms with Crippen LogP contribution in [0.25, 0.3) is 0 Å². The van der Waals surface area contributed by atoms with Gasteiger partial charge < -0.3 is 5.32 Å². The fourth-order valence-electron chi connectivity index (χ4n) is 2.70. The van der Waals surface area contributed by atoms with E-state index in [0.29, 0.717) is 0 Å². The molecule has 122 valence electrons. The minimum absolute atomic E-state index is 0.0165. The lowest BCUT2D eigenvalue weighted by Crippen LogP contribution is -2.27. The Morgan fingerprint density at radius 1 is 1.00 bits per heavy atom. The van der Waals surface area contributed by atoms with Crippen LogP contribution in [0.1, 0.15) is 66.3 Å². The number of carbonyl (C=O) groups is 1. The van der Waals surface area contributed by atoms with Crippen molar-refractivity contribution in [2.24, 2.45) is 0 Å². The van der Waals surface area contributed by atoms with Crippen molar-refractivity contribution in [3.05, 3.63) is 70.3 Å². The summed E-state index contributed by atoms with van der Waals surface area (Å²) in [5.41, 5.74) is 5.49. The first kappa shape index (κ1) is 17.3. The molecular formula is C21H27NO. The van der Waals surface area contributed by atoms with Gasteiger partial charge in [0, 0.05) is 5.56 Å². The van der Waals surface area contributed by atoms with Gasteiger partial charge in [0.1, 0.15) is 0 Å². The van der Waals surface area contributed by atoms with Gasteiger partial charge in [-0.15, -0.1) is 0 Å². The number of aryl methyl sites for hydroxylation is 2. The lowest BCUT2D eigenvalue weighted by Gasteiger charge is -2.21. The molecule has 1 atom stereocenters. The van der Waals surface area contributed by atoms with E-state index < -0.39 is 0 Å². The summed E-state index contributed by atoms with van der Waals surface area (Å²) in [5, 5.41) is 3.09. The van der Waals surface area contributed by atoms with Crippen LogP contribution in [0.3, 0.4) is 0 Å². The third-order valence-electron chi connectivity index (χ3n) is 4.25. The first-order valence-electron chi connectivity index (χ1n) is 8.17. The molecule has 0 radical (unpaired) electrons. The number of nitrogens with one attached hydrogen (secondary N) is 1. The molecule has 0 heterocycles. The number of carbonyl (C=O) groups excluding carboxylic acids is 1. The molecule has 0 spiro atoms. The van der Waals surface area contributed by atoms with Crippen molar-refractivity contribution in [1.82, 2.24) is 5.32 Å². The minimum Gasteiger partial charge on any atom is -0.346 e. The van der Waals surface area contributed by atoms with E-state index in [9.17, 15) is 4.79 Å². The normalized spacial score (nSPS) is 12.8. The minimum atomic E-state index is -0.0186. The maximum atomic E-state index is 12.5. The zero-order valence-electron chi connectivity index (χ0n) is 15.0. The molecule has 0 bridgehead atoms.